The van der Waals surface area contributed by atoms with Crippen LogP contribution in [0.5, 0.6) is 0 Å². The second-order valence-electron chi connectivity index (χ2n) is 7.88. The molecule has 144 valence electrons. The molecule has 0 radical (unpaired) electrons. The predicted molar refractivity (Wildman–Crippen MR) is 93.4 cm³/mol. The van der Waals surface area contributed by atoms with E-state index in [1.165, 1.54) is 0 Å². The summed E-state index contributed by atoms with van der Waals surface area (Å²) in [6.07, 6.45) is -3.50. The third kappa shape index (κ3) is 2.50. The maximum Gasteiger partial charge on any atom is 0.403 e. The van der Waals surface area contributed by atoms with E-state index < -0.39 is 17.5 Å². The van der Waals surface area contributed by atoms with E-state index in [4.69, 9.17) is 0 Å². The highest BCUT2D eigenvalue weighted by molar-refractivity contribution is 7.17. The Morgan fingerprint density at radius 3 is 2.67 bits per heavy atom. The average Bonchev–Trinajstić information content (AvgIpc) is 2.90. The Labute approximate surface area is 156 Å². The van der Waals surface area contributed by atoms with Crippen LogP contribution >= 0.6 is 11.3 Å². The van der Waals surface area contributed by atoms with E-state index in [9.17, 15) is 22.8 Å². The van der Waals surface area contributed by atoms with E-state index in [0.717, 1.165) is 16.6 Å². The lowest BCUT2D eigenvalue weighted by molar-refractivity contribution is -0.192. The number of thiophene rings is 1. The first-order chi connectivity index (χ1) is 12.8. The first-order valence-electron chi connectivity index (χ1n) is 9.03. The minimum absolute atomic E-state index is 0.0167. The summed E-state index contributed by atoms with van der Waals surface area (Å²) in [7, 11) is 0. The number of amides is 2. The molecule has 3 fully saturated rings. The quantitative estimate of drug-likeness (QED) is 0.835. The number of hydrogen-bond acceptors (Lipinski definition) is 3. The van der Waals surface area contributed by atoms with Crippen molar-refractivity contribution in [1.29, 1.82) is 0 Å². The van der Waals surface area contributed by atoms with Crippen molar-refractivity contribution in [3.8, 4) is 0 Å². The second-order valence-corrected chi connectivity index (χ2v) is 8.83. The van der Waals surface area contributed by atoms with Gasteiger partial charge in [0.15, 0.2) is 0 Å². The summed E-state index contributed by atoms with van der Waals surface area (Å²) in [4.78, 5) is 29.9. The number of likely N-dealkylation sites (tertiary alicyclic amines) is 1. The second kappa shape index (κ2) is 5.50. The first-order valence-corrected chi connectivity index (χ1v) is 9.91. The Bertz CT molecular complexity index is 901. The molecule has 0 spiro atoms. The minimum atomic E-state index is -4.49. The van der Waals surface area contributed by atoms with Gasteiger partial charge in [-0.05, 0) is 49.1 Å². The van der Waals surface area contributed by atoms with Crippen molar-refractivity contribution < 1.29 is 22.8 Å². The molecule has 5 nitrogen and oxygen atoms in total. The average molecular weight is 397 g/mol. The van der Waals surface area contributed by atoms with Gasteiger partial charge in [-0.15, -0.1) is 11.3 Å². The molecule has 2 saturated carbocycles. The van der Waals surface area contributed by atoms with Gasteiger partial charge >= 0.3 is 6.18 Å². The summed E-state index contributed by atoms with van der Waals surface area (Å²) >= 11 is 1.56. The summed E-state index contributed by atoms with van der Waals surface area (Å²) in [5, 5.41) is 4.59. The number of aromatic nitrogens is 1. The number of halogens is 3. The molecule has 2 bridgehead atoms. The molecule has 1 saturated heterocycles. The molecular weight excluding hydrogens is 379 g/mol. The summed E-state index contributed by atoms with van der Waals surface area (Å²) in [6.45, 7) is 0.472. The number of aromatic amines is 1. The van der Waals surface area contributed by atoms with E-state index in [1.54, 1.807) is 16.2 Å². The zero-order chi connectivity index (χ0) is 19.0. The number of fused-ring (bicyclic) bond motifs is 3. The molecular formula is C18H18F3N3O2S. The largest absolute Gasteiger partial charge is 0.403 e. The lowest BCUT2D eigenvalue weighted by Gasteiger charge is -2.32. The van der Waals surface area contributed by atoms with E-state index >= 15 is 0 Å². The first kappa shape index (κ1) is 17.1. The number of nitrogens with zero attached hydrogens (tertiary/aromatic N) is 1. The van der Waals surface area contributed by atoms with Gasteiger partial charge in [-0.3, -0.25) is 9.59 Å². The van der Waals surface area contributed by atoms with Gasteiger partial charge in [0.05, 0.1) is 10.2 Å². The zero-order valence-corrected chi connectivity index (χ0v) is 15.1. The fourth-order valence-corrected chi connectivity index (χ4v) is 5.35. The Morgan fingerprint density at radius 2 is 2.07 bits per heavy atom. The molecule has 2 amide bonds. The monoisotopic (exact) mass is 397 g/mol. The van der Waals surface area contributed by atoms with Gasteiger partial charge in [0, 0.05) is 18.6 Å². The topological polar surface area (TPSA) is 65.2 Å². The van der Waals surface area contributed by atoms with Crippen molar-refractivity contribution in [3.05, 3.63) is 23.2 Å². The number of carbonyl (C=O) groups is 2. The lowest BCUT2D eigenvalue weighted by Crippen LogP contribution is -2.51. The Hall–Kier alpha value is -2.03. The smallest absolute Gasteiger partial charge is 0.352 e. The summed E-state index contributed by atoms with van der Waals surface area (Å²) in [5.74, 6) is -0.956. The predicted octanol–water partition coefficient (Wildman–Crippen LogP) is 3.29. The van der Waals surface area contributed by atoms with Crippen molar-refractivity contribution in [2.24, 2.45) is 11.3 Å². The van der Waals surface area contributed by atoms with Gasteiger partial charge in [0.2, 0.25) is 5.91 Å². The molecule has 1 aliphatic heterocycles. The molecule has 3 aliphatic rings. The van der Waals surface area contributed by atoms with Crippen LogP contribution in [0.2, 0.25) is 0 Å². The van der Waals surface area contributed by atoms with Gasteiger partial charge in [-0.2, -0.15) is 13.2 Å². The number of piperidine rings is 1. The van der Waals surface area contributed by atoms with E-state index in [2.05, 4.69) is 10.3 Å². The minimum Gasteiger partial charge on any atom is -0.352 e. The van der Waals surface area contributed by atoms with Gasteiger partial charge in [0.1, 0.15) is 11.1 Å². The van der Waals surface area contributed by atoms with Crippen LogP contribution in [-0.2, 0) is 4.79 Å². The maximum absolute atomic E-state index is 13.1. The highest BCUT2D eigenvalue weighted by atomic mass is 32.1. The van der Waals surface area contributed by atoms with Crippen molar-refractivity contribution in [3.63, 3.8) is 0 Å². The van der Waals surface area contributed by atoms with Crippen LogP contribution < -0.4 is 5.32 Å². The Kier molecular flexibility index (Phi) is 3.48. The van der Waals surface area contributed by atoms with Crippen molar-refractivity contribution >= 4 is 33.4 Å². The van der Waals surface area contributed by atoms with Gasteiger partial charge in [0.25, 0.3) is 5.91 Å². The molecule has 2 aromatic rings. The summed E-state index contributed by atoms with van der Waals surface area (Å²) < 4.78 is 40.3. The third-order valence-electron chi connectivity index (χ3n) is 6.32. The van der Waals surface area contributed by atoms with Crippen LogP contribution in [-0.4, -0.2) is 46.5 Å². The molecule has 9 heteroatoms. The summed E-state index contributed by atoms with van der Waals surface area (Å²) in [6, 6.07) is 3.45. The molecule has 2 aliphatic carbocycles. The molecule has 27 heavy (non-hydrogen) atoms. The molecule has 3 heterocycles. The van der Waals surface area contributed by atoms with Crippen LogP contribution in [0.15, 0.2) is 17.5 Å². The van der Waals surface area contributed by atoms with E-state index in [1.807, 2.05) is 17.5 Å². The van der Waals surface area contributed by atoms with Gasteiger partial charge in [-0.25, -0.2) is 0 Å². The normalized spacial score (nSPS) is 28.7. The van der Waals surface area contributed by atoms with Crippen LogP contribution in [0.4, 0.5) is 13.2 Å². The van der Waals surface area contributed by atoms with E-state index in [-0.39, 0.29) is 36.8 Å². The van der Waals surface area contributed by atoms with Crippen LogP contribution in [0.25, 0.3) is 10.2 Å². The number of hydrogen-bond donors (Lipinski definition) is 2. The zero-order valence-electron chi connectivity index (χ0n) is 14.3. The Balaban J connectivity index is 1.25. The van der Waals surface area contributed by atoms with Crippen LogP contribution in [0.1, 0.15) is 36.2 Å². The highest BCUT2D eigenvalue weighted by Gasteiger charge is 2.69. The molecule has 3 atom stereocenters. The lowest BCUT2D eigenvalue weighted by atomic mass is 9.99. The number of nitrogens with one attached hydrogen (secondary N) is 2. The molecule has 2 N–H and O–H groups in total. The standard InChI is InChI=1S/C18H18F3N3O2S/c19-18(20,21)17(2-3-17)16(26)23-12-6-10-5-9(12)8-24(10)15(25)13-7-14-11(22-13)1-4-27-14/h1,4,7,9-10,12,22H,2-3,5-6,8H2,(H,23,26)/t9-,10-,12+/m0/s1. The maximum atomic E-state index is 13.1. The van der Waals surface area contributed by atoms with Crippen LogP contribution in [0, 0.1) is 11.3 Å². The number of carbonyl (C=O) groups excluding carboxylic acids is 2. The van der Waals surface area contributed by atoms with E-state index in [0.29, 0.717) is 18.7 Å². The van der Waals surface area contributed by atoms with Crippen molar-refractivity contribution in [2.75, 3.05) is 6.54 Å². The highest BCUT2D eigenvalue weighted by Crippen LogP contribution is 2.58. The van der Waals surface area contributed by atoms with Crippen molar-refractivity contribution in [1.82, 2.24) is 15.2 Å². The van der Waals surface area contributed by atoms with Gasteiger partial charge in [-0.1, -0.05) is 0 Å². The third-order valence-corrected chi connectivity index (χ3v) is 7.18. The molecule has 0 unspecified atom stereocenters. The fourth-order valence-electron chi connectivity index (χ4n) is 4.57. The number of H-pyrrole nitrogens is 1. The molecule has 2 aromatic heterocycles. The Morgan fingerprint density at radius 1 is 1.30 bits per heavy atom. The fraction of sp³-hybridized carbons (Fsp3) is 0.556. The molecule has 5 rings (SSSR count). The van der Waals surface area contributed by atoms with Crippen molar-refractivity contribution in [2.45, 2.75) is 43.9 Å². The van der Waals surface area contributed by atoms with Gasteiger partial charge < -0.3 is 15.2 Å². The SMILES string of the molecule is O=C(c1cc2sccc2[nH]1)N1C[C@@H]2C[C@H]1C[C@H]2NC(=O)C1(C(F)(F)F)CC1. The van der Waals surface area contributed by atoms with Crippen LogP contribution in [0.3, 0.4) is 0 Å². The number of rotatable bonds is 3. The summed E-state index contributed by atoms with van der Waals surface area (Å²) in [5.41, 5.74) is -0.709. The molecule has 0 aromatic carbocycles. The number of alkyl halides is 3.